The van der Waals surface area contributed by atoms with Gasteiger partial charge in [0.25, 0.3) is 0 Å². The quantitative estimate of drug-likeness (QED) is 0.445. The number of benzene rings is 2. The third kappa shape index (κ3) is 5.81. The highest BCUT2D eigenvalue weighted by Gasteiger charge is 2.29. The van der Waals surface area contributed by atoms with Gasteiger partial charge in [0.2, 0.25) is 15.8 Å². The van der Waals surface area contributed by atoms with Gasteiger partial charge in [0.1, 0.15) is 0 Å². The predicted octanol–water partition coefficient (Wildman–Crippen LogP) is 4.09. The maximum absolute atomic E-state index is 12.9. The molecule has 1 atom stereocenters. The maximum Gasteiger partial charge on any atom is 0.340 e. The lowest BCUT2D eigenvalue weighted by molar-refractivity contribution is 0.0318. The summed E-state index contributed by atoms with van der Waals surface area (Å²) in [6.45, 7) is 8.76. The molecule has 1 aliphatic heterocycles. The van der Waals surface area contributed by atoms with Crippen molar-refractivity contribution in [3.8, 4) is 0 Å². The van der Waals surface area contributed by atoms with Crippen LogP contribution in [0.25, 0.3) is 0 Å². The van der Waals surface area contributed by atoms with E-state index >= 15 is 0 Å². The second-order valence-corrected chi connectivity index (χ2v) is 11.2. The fraction of sp³-hybridized carbons (Fsp3) is 0.417. The number of nitrogens with zero attached hydrogens (tertiary/aromatic N) is 1. The third-order valence-corrected chi connectivity index (χ3v) is 7.68. The van der Waals surface area contributed by atoms with Crippen molar-refractivity contribution in [2.24, 2.45) is 0 Å². The minimum atomic E-state index is -3.82. The lowest BCUT2D eigenvalue weighted by Gasteiger charge is -2.26. The van der Waals surface area contributed by atoms with Crippen molar-refractivity contribution in [1.82, 2.24) is 4.31 Å². The maximum atomic E-state index is 12.9. The zero-order valence-electron chi connectivity index (χ0n) is 19.1. The van der Waals surface area contributed by atoms with E-state index in [2.05, 4.69) is 20.8 Å². The van der Waals surface area contributed by atoms with Gasteiger partial charge in [0, 0.05) is 18.7 Å². The van der Waals surface area contributed by atoms with Crippen LogP contribution in [0.5, 0.6) is 0 Å². The molecule has 1 saturated heterocycles. The Kier molecular flexibility index (Phi) is 7.63. The summed E-state index contributed by atoms with van der Waals surface area (Å²) in [5.41, 5.74) is 1.32. The summed E-state index contributed by atoms with van der Waals surface area (Å²) < 4.78 is 37.7. The number of sulfonamides is 1. The number of Topliss-reactive ketones (excluding diaryl/α,β-unsaturated/α-hetero) is 1. The first-order valence-corrected chi connectivity index (χ1v) is 12.5. The molecule has 0 N–H and O–H groups in total. The molecule has 1 heterocycles. The van der Waals surface area contributed by atoms with Gasteiger partial charge in [0.15, 0.2) is 6.10 Å². The lowest BCUT2D eigenvalue weighted by atomic mass is 9.86. The van der Waals surface area contributed by atoms with Crippen molar-refractivity contribution in [2.45, 2.75) is 44.1 Å². The summed E-state index contributed by atoms with van der Waals surface area (Å²) in [5, 5.41) is 0.0371. The number of ether oxygens (including phenoxy) is 2. The van der Waals surface area contributed by atoms with Gasteiger partial charge in [-0.25, -0.2) is 13.2 Å². The molecule has 0 aliphatic carbocycles. The molecular weight excluding hydrogens is 466 g/mol. The Hall–Kier alpha value is -2.26. The summed E-state index contributed by atoms with van der Waals surface area (Å²) >= 11 is 6.15. The van der Waals surface area contributed by atoms with E-state index in [0.29, 0.717) is 18.8 Å². The smallest absolute Gasteiger partial charge is 0.340 e. The topological polar surface area (TPSA) is 90.0 Å². The van der Waals surface area contributed by atoms with Crippen LogP contribution in [0.4, 0.5) is 0 Å². The molecule has 1 aliphatic rings. The largest absolute Gasteiger partial charge is 0.451 e. The van der Waals surface area contributed by atoms with Crippen LogP contribution in [0.2, 0.25) is 5.02 Å². The number of ketones is 1. The third-order valence-electron chi connectivity index (χ3n) is 5.45. The highest BCUT2D eigenvalue weighted by molar-refractivity contribution is 7.89. The van der Waals surface area contributed by atoms with Gasteiger partial charge in [-0.05, 0) is 36.1 Å². The van der Waals surface area contributed by atoms with Crippen molar-refractivity contribution in [3.05, 3.63) is 64.2 Å². The van der Waals surface area contributed by atoms with Gasteiger partial charge in [-0.15, -0.1) is 0 Å². The Bertz CT molecular complexity index is 1130. The molecule has 0 radical (unpaired) electrons. The number of carbonyl (C=O) groups excluding carboxylic acids is 2. The van der Waals surface area contributed by atoms with E-state index in [0.717, 1.165) is 5.56 Å². The molecule has 0 amide bonds. The minimum Gasteiger partial charge on any atom is -0.451 e. The van der Waals surface area contributed by atoms with Crippen molar-refractivity contribution in [3.63, 3.8) is 0 Å². The molecule has 178 valence electrons. The molecule has 7 nitrogen and oxygen atoms in total. The molecule has 3 rings (SSSR count). The normalized spacial score (nSPS) is 16.3. The average molecular weight is 494 g/mol. The standard InChI is InChI=1S/C24H28ClNO6S/c1-16(22(27)17-5-7-18(8-6-17)24(2,3)4)32-23(28)20-15-19(9-10-21(20)25)33(29,30)26-11-13-31-14-12-26/h5-10,15-16H,11-14H2,1-4H3. The van der Waals surface area contributed by atoms with Gasteiger partial charge >= 0.3 is 5.97 Å². The minimum absolute atomic E-state index is 0.0371. The lowest BCUT2D eigenvalue weighted by Crippen LogP contribution is -2.40. The molecule has 1 unspecified atom stereocenters. The molecular formula is C24H28ClNO6S. The van der Waals surface area contributed by atoms with Gasteiger partial charge in [-0.3, -0.25) is 4.79 Å². The van der Waals surface area contributed by atoms with Gasteiger partial charge < -0.3 is 9.47 Å². The fourth-order valence-corrected chi connectivity index (χ4v) is 5.03. The van der Waals surface area contributed by atoms with Gasteiger partial charge in [-0.2, -0.15) is 4.31 Å². The van der Waals surface area contributed by atoms with Crippen molar-refractivity contribution < 1.29 is 27.5 Å². The molecule has 0 saturated carbocycles. The number of rotatable bonds is 6. The zero-order valence-corrected chi connectivity index (χ0v) is 20.7. The Morgan fingerprint density at radius 3 is 2.24 bits per heavy atom. The summed E-state index contributed by atoms with van der Waals surface area (Å²) in [6.07, 6.45) is -1.08. The van der Waals surface area contributed by atoms with Gasteiger partial charge in [0.05, 0.1) is 28.7 Å². The molecule has 0 aromatic heterocycles. The SMILES string of the molecule is CC(OC(=O)c1cc(S(=O)(=O)N2CCOCC2)ccc1Cl)C(=O)c1ccc(C(C)(C)C)cc1. The summed E-state index contributed by atoms with van der Waals surface area (Å²) in [6, 6.07) is 11.0. The van der Waals surface area contributed by atoms with Crippen LogP contribution in [-0.4, -0.2) is 56.9 Å². The van der Waals surface area contributed by atoms with Crippen molar-refractivity contribution in [2.75, 3.05) is 26.3 Å². The van der Waals surface area contributed by atoms with Crippen LogP contribution in [0.1, 0.15) is 54.0 Å². The van der Waals surface area contributed by atoms with Crippen LogP contribution in [0, 0.1) is 0 Å². The second-order valence-electron chi connectivity index (χ2n) is 8.90. The first-order chi connectivity index (χ1) is 15.4. The first kappa shape index (κ1) is 25.4. The van der Waals surface area contributed by atoms with Crippen LogP contribution in [0.15, 0.2) is 47.4 Å². The summed E-state index contributed by atoms with van der Waals surface area (Å²) in [5.74, 6) is -1.23. The van der Waals surface area contributed by atoms with E-state index in [1.165, 1.54) is 29.4 Å². The van der Waals surface area contributed by atoms with Crippen LogP contribution in [0.3, 0.4) is 0 Å². The monoisotopic (exact) mass is 493 g/mol. The van der Waals surface area contributed by atoms with E-state index < -0.39 is 22.1 Å². The number of hydrogen-bond acceptors (Lipinski definition) is 6. The molecule has 2 aromatic carbocycles. The van der Waals surface area contributed by atoms with E-state index in [4.69, 9.17) is 21.1 Å². The van der Waals surface area contributed by atoms with E-state index in [1.807, 2.05) is 12.1 Å². The molecule has 1 fully saturated rings. The van der Waals surface area contributed by atoms with E-state index in [9.17, 15) is 18.0 Å². The summed E-state index contributed by atoms with van der Waals surface area (Å²) in [4.78, 5) is 25.5. The van der Waals surface area contributed by atoms with E-state index in [-0.39, 0.29) is 39.8 Å². The van der Waals surface area contributed by atoms with Crippen molar-refractivity contribution in [1.29, 1.82) is 0 Å². The van der Waals surface area contributed by atoms with Gasteiger partial charge in [-0.1, -0.05) is 56.6 Å². The zero-order chi connectivity index (χ0) is 24.4. The van der Waals surface area contributed by atoms with Crippen LogP contribution in [-0.2, 0) is 24.9 Å². The van der Waals surface area contributed by atoms with Crippen molar-refractivity contribution >= 4 is 33.4 Å². The van der Waals surface area contributed by atoms with Crippen LogP contribution < -0.4 is 0 Å². The number of esters is 1. The Balaban J connectivity index is 1.76. The van der Waals surface area contributed by atoms with Crippen LogP contribution >= 0.6 is 11.6 Å². The number of morpholine rings is 1. The average Bonchev–Trinajstić information content (AvgIpc) is 2.78. The second kappa shape index (κ2) is 9.93. The highest BCUT2D eigenvalue weighted by atomic mass is 35.5. The fourth-order valence-electron chi connectivity index (χ4n) is 3.40. The first-order valence-electron chi connectivity index (χ1n) is 10.6. The molecule has 33 heavy (non-hydrogen) atoms. The Morgan fingerprint density at radius 1 is 1.06 bits per heavy atom. The summed E-state index contributed by atoms with van der Waals surface area (Å²) in [7, 11) is -3.82. The Morgan fingerprint density at radius 2 is 1.67 bits per heavy atom. The Labute approximate surface area is 199 Å². The molecule has 2 aromatic rings. The molecule has 0 bridgehead atoms. The number of hydrogen-bond donors (Lipinski definition) is 0. The number of carbonyl (C=O) groups is 2. The predicted molar refractivity (Wildman–Crippen MR) is 125 cm³/mol. The molecule has 9 heteroatoms. The highest BCUT2D eigenvalue weighted by Crippen LogP contribution is 2.26. The number of halogens is 1. The molecule has 0 spiro atoms. The van der Waals surface area contributed by atoms with E-state index in [1.54, 1.807) is 12.1 Å².